The zero-order valence-electron chi connectivity index (χ0n) is 13.7. The third-order valence-corrected chi connectivity index (χ3v) is 4.82. The number of likely N-dealkylation sites (tertiary alicyclic amines) is 1. The fourth-order valence-corrected chi connectivity index (χ4v) is 3.48. The normalized spacial score (nSPS) is 18.6. The van der Waals surface area contributed by atoms with Crippen LogP contribution in [0.5, 0.6) is 11.5 Å². The number of halogens is 1. The van der Waals surface area contributed by atoms with Gasteiger partial charge in [0.1, 0.15) is 18.1 Å². The fraction of sp³-hybridized carbons (Fsp3) is 0.250. The van der Waals surface area contributed by atoms with E-state index in [0.717, 1.165) is 13.1 Å². The first-order valence-electron chi connectivity index (χ1n) is 8.50. The molecule has 0 atom stereocenters. The highest BCUT2D eigenvalue weighted by molar-refractivity contribution is 6.14. The lowest BCUT2D eigenvalue weighted by molar-refractivity contribution is -0.901. The molecular formula is C20H19FNO3+. The molecule has 0 spiro atoms. The zero-order valence-corrected chi connectivity index (χ0v) is 13.7. The van der Waals surface area contributed by atoms with Crippen LogP contribution in [0.4, 0.5) is 4.39 Å². The van der Waals surface area contributed by atoms with Crippen molar-refractivity contribution in [1.82, 2.24) is 0 Å². The van der Waals surface area contributed by atoms with Crippen molar-refractivity contribution in [2.24, 2.45) is 0 Å². The van der Waals surface area contributed by atoms with Crippen molar-refractivity contribution in [3.8, 4) is 11.5 Å². The Kier molecular flexibility index (Phi) is 4.01. The highest BCUT2D eigenvalue weighted by Gasteiger charge is 2.32. The molecule has 2 aliphatic heterocycles. The van der Waals surface area contributed by atoms with E-state index in [-0.39, 0.29) is 23.1 Å². The van der Waals surface area contributed by atoms with Gasteiger partial charge in [0, 0.05) is 12.8 Å². The molecule has 0 aliphatic carbocycles. The first-order valence-corrected chi connectivity index (χ1v) is 8.50. The molecule has 1 saturated heterocycles. The number of fused-ring (bicyclic) bond motifs is 1. The number of ketones is 1. The first kappa shape index (κ1) is 15.8. The largest absolute Gasteiger partial charge is 0.507 e. The minimum Gasteiger partial charge on any atom is -0.507 e. The third-order valence-electron chi connectivity index (χ3n) is 4.82. The lowest BCUT2D eigenvalue weighted by atomic mass is 10.0. The molecule has 0 radical (unpaired) electrons. The number of Topliss-reactive ketones (excluding diaryl/α,β-unsaturated/α-hetero) is 1. The Morgan fingerprint density at radius 1 is 1.12 bits per heavy atom. The lowest BCUT2D eigenvalue weighted by Gasteiger charge is -2.15. The average Bonchev–Trinajstić information content (AvgIpc) is 3.22. The number of carbonyl (C=O) groups excluding carboxylic acids is 1. The Morgan fingerprint density at radius 2 is 1.84 bits per heavy atom. The lowest BCUT2D eigenvalue weighted by Crippen LogP contribution is -3.08. The quantitative estimate of drug-likeness (QED) is 0.843. The fourth-order valence-electron chi connectivity index (χ4n) is 3.48. The minimum atomic E-state index is -0.329. The topological polar surface area (TPSA) is 51.0 Å². The average molecular weight is 340 g/mol. The van der Waals surface area contributed by atoms with Crippen LogP contribution in [-0.2, 0) is 6.54 Å². The van der Waals surface area contributed by atoms with E-state index in [0.29, 0.717) is 29.0 Å². The molecular weight excluding hydrogens is 321 g/mol. The van der Waals surface area contributed by atoms with Gasteiger partial charge in [-0.1, -0.05) is 12.1 Å². The number of ether oxygens (including phenoxy) is 1. The summed E-state index contributed by atoms with van der Waals surface area (Å²) in [5.41, 5.74) is 1.85. The van der Waals surface area contributed by atoms with Gasteiger partial charge in [-0.3, -0.25) is 4.79 Å². The van der Waals surface area contributed by atoms with Gasteiger partial charge in [-0.2, -0.15) is 0 Å². The Labute approximate surface area is 145 Å². The van der Waals surface area contributed by atoms with Crippen LogP contribution >= 0.6 is 0 Å². The number of allylic oxidation sites excluding steroid dienone is 1. The number of phenols is 1. The van der Waals surface area contributed by atoms with Gasteiger partial charge in [-0.05, 0) is 35.9 Å². The molecule has 2 aromatic rings. The SMILES string of the molecule is O=C1/C(=C/c2ccc(F)cc2)Oc2c1ccc(O)c2C[NH+]1CCCC1. The van der Waals surface area contributed by atoms with Crippen LogP contribution in [0.3, 0.4) is 0 Å². The molecule has 2 N–H and O–H groups in total. The number of quaternary nitrogens is 1. The van der Waals surface area contributed by atoms with Crippen LogP contribution in [0.2, 0.25) is 0 Å². The van der Waals surface area contributed by atoms with E-state index in [4.69, 9.17) is 4.74 Å². The summed E-state index contributed by atoms with van der Waals surface area (Å²) in [6.45, 7) is 2.77. The van der Waals surface area contributed by atoms with Crippen molar-refractivity contribution in [3.05, 3.63) is 64.7 Å². The molecule has 0 amide bonds. The van der Waals surface area contributed by atoms with Crippen LogP contribution < -0.4 is 9.64 Å². The van der Waals surface area contributed by atoms with Gasteiger partial charge in [-0.15, -0.1) is 0 Å². The second-order valence-electron chi connectivity index (χ2n) is 6.57. The summed E-state index contributed by atoms with van der Waals surface area (Å²) >= 11 is 0. The molecule has 4 rings (SSSR count). The summed E-state index contributed by atoms with van der Waals surface area (Å²) in [6.07, 6.45) is 3.96. The van der Waals surface area contributed by atoms with E-state index in [1.165, 1.54) is 29.9 Å². The molecule has 2 heterocycles. The summed E-state index contributed by atoms with van der Waals surface area (Å²) < 4.78 is 18.9. The third kappa shape index (κ3) is 3.03. The van der Waals surface area contributed by atoms with Gasteiger partial charge < -0.3 is 14.7 Å². The molecule has 128 valence electrons. The second kappa shape index (κ2) is 6.33. The number of carbonyl (C=O) groups is 1. The Morgan fingerprint density at radius 3 is 2.56 bits per heavy atom. The van der Waals surface area contributed by atoms with Crippen LogP contribution in [-0.4, -0.2) is 24.0 Å². The molecule has 0 unspecified atom stereocenters. The number of phenolic OH excluding ortho intramolecular Hbond substituents is 1. The summed E-state index contributed by atoms with van der Waals surface area (Å²) in [4.78, 5) is 14.0. The van der Waals surface area contributed by atoms with E-state index in [1.54, 1.807) is 30.3 Å². The van der Waals surface area contributed by atoms with Crippen molar-refractivity contribution in [3.63, 3.8) is 0 Å². The summed E-state index contributed by atoms with van der Waals surface area (Å²) in [5, 5.41) is 10.3. The Bertz CT molecular complexity index is 852. The van der Waals surface area contributed by atoms with Crippen molar-refractivity contribution in [2.75, 3.05) is 13.1 Å². The number of benzene rings is 2. The number of hydrogen-bond donors (Lipinski definition) is 2. The maximum Gasteiger partial charge on any atom is 0.231 e. The monoisotopic (exact) mass is 340 g/mol. The number of nitrogens with one attached hydrogen (secondary N) is 1. The highest BCUT2D eigenvalue weighted by atomic mass is 19.1. The van der Waals surface area contributed by atoms with Crippen LogP contribution in [0, 0.1) is 5.82 Å². The van der Waals surface area contributed by atoms with E-state index >= 15 is 0 Å². The summed E-state index contributed by atoms with van der Waals surface area (Å²) in [7, 11) is 0. The zero-order chi connectivity index (χ0) is 17.4. The predicted molar refractivity (Wildman–Crippen MR) is 91.1 cm³/mol. The summed E-state index contributed by atoms with van der Waals surface area (Å²) in [5.74, 6) is 0.276. The molecule has 2 aliphatic rings. The van der Waals surface area contributed by atoms with Crippen LogP contribution in [0.15, 0.2) is 42.2 Å². The maximum absolute atomic E-state index is 13.0. The van der Waals surface area contributed by atoms with Gasteiger partial charge in [0.2, 0.25) is 5.78 Å². The number of rotatable bonds is 3. The molecule has 0 aromatic heterocycles. The molecule has 2 aromatic carbocycles. The van der Waals surface area contributed by atoms with Crippen LogP contribution in [0.25, 0.3) is 6.08 Å². The van der Waals surface area contributed by atoms with Crippen molar-refractivity contribution >= 4 is 11.9 Å². The molecule has 5 heteroatoms. The Hall–Kier alpha value is -2.66. The van der Waals surface area contributed by atoms with E-state index in [9.17, 15) is 14.3 Å². The van der Waals surface area contributed by atoms with Gasteiger partial charge >= 0.3 is 0 Å². The predicted octanol–water partition coefficient (Wildman–Crippen LogP) is 2.33. The molecule has 0 bridgehead atoms. The van der Waals surface area contributed by atoms with Gasteiger partial charge in [0.25, 0.3) is 0 Å². The maximum atomic E-state index is 13.0. The second-order valence-corrected chi connectivity index (χ2v) is 6.57. The molecule has 1 fully saturated rings. The first-order chi connectivity index (χ1) is 12.1. The van der Waals surface area contributed by atoms with Crippen LogP contribution in [0.1, 0.15) is 34.3 Å². The van der Waals surface area contributed by atoms with Crippen molar-refractivity contribution in [2.45, 2.75) is 19.4 Å². The van der Waals surface area contributed by atoms with E-state index in [2.05, 4.69) is 0 Å². The number of aromatic hydroxyl groups is 1. The van der Waals surface area contributed by atoms with E-state index in [1.807, 2.05) is 0 Å². The van der Waals surface area contributed by atoms with E-state index < -0.39 is 0 Å². The smallest absolute Gasteiger partial charge is 0.231 e. The van der Waals surface area contributed by atoms with Gasteiger partial charge in [0.05, 0.1) is 24.2 Å². The number of hydrogen-bond acceptors (Lipinski definition) is 3. The standard InChI is InChI=1S/C20H18FNO3/c21-14-5-3-13(4-6-14)11-18-19(24)15-7-8-17(23)16(20(15)25-18)12-22-9-1-2-10-22/h3-8,11,23H,1-2,9-10,12H2/p+1/b18-11-. The minimum absolute atomic E-state index is 0.161. The van der Waals surface area contributed by atoms with Crippen molar-refractivity contribution in [1.29, 1.82) is 0 Å². The Balaban J connectivity index is 1.67. The highest BCUT2D eigenvalue weighted by Crippen LogP contribution is 2.39. The molecule has 25 heavy (non-hydrogen) atoms. The molecule has 0 saturated carbocycles. The summed E-state index contributed by atoms with van der Waals surface area (Å²) in [6, 6.07) is 9.02. The van der Waals surface area contributed by atoms with Crippen molar-refractivity contribution < 1.29 is 23.9 Å². The van der Waals surface area contributed by atoms with Gasteiger partial charge in [0.15, 0.2) is 11.5 Å². The molecule has 4 nitrogen and oxygen atoms in total. The van der Waals surface area contributed by atoms with Gasteiger partial charge in [-0.25, -0.2) is 4.39 Å².